The number of carbonyl (C=O) groups is 1. The summed E-state index contributed by atoms with van der Waals surface area (Å²) in [5.74, 6) is 0.346. The molecule has 4 heteroatoms. The summed E-state index contributed by atoms with van der Waals surface area (Å²) in [7, 11) is 0. The zero-order valence-electron chi connectivity index (χ0n) is 13.1. The molecule has 1 heterocycles. The van der Waals surface area contributed by atoms with E-state index in [1.807, 2.05) is 26.0 Å². The third-order valence-corrected chi connectivity index (χ3v) is 4.18. The molecule has 116 valence electrons. The molecule has 0 bridgehead atoms. The standard InChI is InChI=1S/C17H25FN2O/c1-4-13-9-14(19-17(21)12(2)3)11-20(10-13)16-8-6-5-7-15(16)18/h5-8,12-14H,4,9-11H2,1-3H3,(H,19,21). The topological polar surface area (TPSA) is 32.3 Å². The second-order valence-electron chi connectivity index (χ2n) is 6.23. The molecule has 1 aromatic carbocycles. The highest BCUT2D eigenvalue weighted by Crippen LogP contribution is 2.27. The van der Waals surface area contributed by atoms with Gasteiger partial charge in [-0.1, -0.05) is 39.3 Å². The molecule has 0 spiro atoms. The Kier molecular flexibility index (Phi) is 5.21. The largest absolute Gasteiger partial charge is 0.367 e. The third kappa shape index (κ3) is 3.96. The first-order valence-electron chi connectivity index (χ1n) is 7.81. The van der Waals surface area contributed by atoms with Crippen molar-refractivity contribution in [1.29, 1.82) is 0 Å². The SMILES string of the molecule is CCC1CC(NC(=O)C(C)C)CN(c2ccccc2F)C1. The number of hydrogen-bond acceptors (Lipinski definition) is 2. The fourth-order valence-corrected chi connectivity index (χ4v) is 2.88. The number of nitrogens with zero attached hydrogens (tertiary/aromatic N) is 1. The fraction of sp³-hybridized carbons (Fsp3) is 0.588. The van der Waals surface area contributed by atoms with Crippen molar-refractivity contribution < 1.29 is 9.18 Å². The molecule has 1 amide bonds. The van der Waals surface area contributed by atoms with Gasteiger partial charge in [-0.15, -0.1) is 0 Å². The van der Waals surface area contributed by atoms with Crippen LogP contribution >= 0.6 is 0 Å². The van der Waals surface area contributed by atoms with E-state index in [-0.39, 0.29) is 23.7 Å². The van der Waals surface area contributed by atoms with Crippen LogP contribution in [0.4, 0.5) is 10.1 Å². The number of piperidine rings is 1. The number of amides is 1. The van der Waals surface area contributed by atoms with Crippen LogP contribution in [0, 0.1) is 17.7 Å². The molecule has 1 N–H and O–H groups in total. The van der Waals surface area contributed by atoms with Gasteiger partial charge in [0.1, 0.15) is 5.82 Å². The van der Waals surface area contributed by atoms with Gasteiger partial charge in [-0.3, -0.25) is 4.79 Å². The number of rotatable bonds is 4. The summed E-state index contributed by atoms with van der Waals surface area (Å²) >= 11 is 0. The van der Waals surface area contributed by atoms with Crippen molar-refractivity contribution in [2.24, 2.45) is 11.8 Å². The molecule has 0 aromatic heterocycles. The molecule has 0 aliphatic carbocycles. The maximum absolute atomic E-state index is 14.0. The molecule has 1 aliphatic rings. The van der Waals surface area contributed by atoms with Crippen LogP contribution in [-0.2, 0) is 4.79 Å². The maximum atomic E-state index is 14.0. The molecule has 21 heavy (non-hydrogen) atoms. The number of hydrogen-bond donors (Lipinski definition) is 1. The Labute approximate surface area is 126 Å². The van der Waals surface area contributed by atoms with Gasteiger partial charge in [0.05, 0.1) is 5.69 Å². The monoisotopic (exact) mass is 292 g/mol. The Morgan fingerprint density at radius 3 is 2.71 bits per heavy atom. The van der Waals surface area contributed by atoms with Gasteiger partial charge in [0, 0.05) is 25.0 Å². The highest BCUT2D eigenvalue weighted by atomic mass is 19.1. The van der Waals surface area contributed by atoms with Crippen LogP contribution in [0.3, 0.4) is 0 Å². The van der Waals surface area contributed by atoms with Gasteiger partial charge in [0.15, 0.2) is 0 Å². The molecule has 1 saturated heterocycles. The summed E-state index contributed by atoms with van der Waals surface area (Å²) in [6, 6.07) is 6.97. The van der Waals surface area contributed by atoms with Crippen LogP contribution in [-0.4, -0.2) is 25.0 Å². The number of benzene rings is 1. The fourth-order valence-electron chi connectivity index (χ4n) is 2.88. The first-order valence-corrected chi connectivity index (χ1v) is 7.81. The van der Waals surface area contributed by atoms with Gasteiger partial charge in [-0.2, -0.15) is 0 Å². The van der Waals surface area contributed by atoms with Gasteiger partial charge in [0.2, 0.25) is 5.91 Å². The molecule has 2 unspecified atom stereocenters. The molecule has 1 fully saturated rings. The predicted octanol–water partition coefficient (Wildman–Crippen LogP) is 3.20. The summed E-state index contributed by atoms with van der Waals surface area (Å²) < 4.78 is 14.0. The first kappa shape index (κ1) is 15.8. The highest BCUT2D eigenvalue weighted by Gasteiger charge is 2.28. The summed E-state index contributed by atoms with van der Waals surface area (Å²) in [5.41, 5.74) is 0.638. The molecule has 2 atom stereocenters. The maximum Gasteiger partial charge on any atom is 0.222 e. The lowest BCUT2D eigenvalue weighted by molar-refractivity contribution is -0.124. The second-order valence-corrected chi connectivity index (χ2v) is 6.23. The lowest BCUT2D eigenvalue weighted by Crippen LogP contribution is -2.51. The summed E-state index contributed by atoms with van der Waals surface area (Å²) in [6.07, 6.45) is 2.01. The minimum atomic E-state index is -0.191. The number of anilines is 1. The smallest absolute Gasteiger partial charge is 0.222 e. The lowest BCUT2D eigenvalue weighted by Gasteiger charge is -2.39. The minimum Gasteiger partial charge on any atom is -0.367 e. The number of carbonyl (C=O) groups excluding carboxylic acids is 1. The molecule has 0 saturated carbocycles. The summed E-state index contributed by atoms with van der Waals surface area (Å²) in [6.45, 7) is 7.46. The van der Waals surface area contributed by atoms with Crippen LogP contribution in [0.25, 0.3) is 0 Å². The Morgan fingerprint density at radius 2 is 2.10 bits per heavy atom. The molecule has 1 aromatic rings. The van der Waals surface area contributed by atoms with E-state index in [1.165, 1.54) is 6.07 Å². The normalized spacial score (nSPS) is 22.4. The van der Waals surface area contributed by atoms with Gasteiger partial charge < -0.3 is 10.2 Å². The van der Waals surface area contributed by atoms with E-state index in [9.17, 15) is 9.18 Å². The molecular formula is C17H25FN2O. The zero-order chi connectivity index (χ0) is 15.4. The molecule has 2 rings (SSSR count). The number of nitrogens with one attached hydrogen (secondary N) is 1. The van der Waals surface area contributed by atoms with Gasteiger partial charge in [-0.25, -0.2) is 4.39 Å². The Hall–Kier alpha value is -1.58. The van der Waals surface area contributed by atoms with E-state index >= 15 is 0 Å². The zero-order valence-corrected chi connectivity index (χ0v) is 13.1. The van der Waals surface area contributed by atoms with Crippen molar-refractivity contribution in [2.75, 3.05) is 18.0 Å². The lowest BCUT2D eigenvalue weighted by atomic mass is 9.91. The Morgan fingerprint density at radius 1 is 1.38 bits per heavy atom. The average Bonchev–Trinajstić information content (AvgIpc) is 2.47. The number of halogens is 1. The van der Waals surface area contributed by atoms with E-state index in [1.54, 1.807) is 6.07 Å². The summed E-state index contributed by atoms with van der Waals surface area (Å²) in [5, 5.41) is 3.10. The average molecular weight is 292 g/mol. The number of para-hydroxylation sites is 1. The second kappa shape index (κ2) is 6.92. The summed E-state index contributed by atoms with van der Waals surface area (Å²) in [4.78, 5) is 14.0. The first-order chi connectivity index (χ1) is 10.0. The van der Waals surface area contributed by atoms with Crippen molar-refractivity contribution in [1.82, 2.24) is 5.32 Å². The van der Waals surface area contributed by atoms with Crippen LogP contribution < -0.4 is 10.2 Å². The van der Waals surface area contributed by atoms with Gasteiger partial charge in [-0.05, 0) is 24.5 Å². The molecule has 0 radical (unpaired) electrons. The van der Waals surface area contributed by atoms with E-state index in [4.69, 9.17) is 0 Å². The predicted molar refractivity (Wildman–Crippen MR) is 83.8 cm³/mol. The molecule has 1 aliphatic heterocycles. The van der Waals surface area contributed by atoms with Crippen LogP contribution in [0.2, 0.25) is 0 Å². The Bertz CT molecular complexity index is 489. The highest BCUT2D eigenvalue weighted by molar-refractivity contribution is 5.78. The van der Waals surface area contributed by atoms with Crippen molar-refractivity contribution in [2.45, 2.75) is 39.7 Å². The molecule has 3 nitrogen and oxygen atoms in total. The van der Waals surface area contributed by atoms with Crippen molar-refractivity contribution >= 4 is 11.6 Å². The van der Waals surface area contributed by atoms with E-state index < -0.39 is 0 Å². The van der Waals surface area contributed by atoms with Crippen LogP contribution in [0.1, 0.15) is 33.6 Å². The molecular weight excluding hydrogens is 267 g/mol. The van der Waals surface area contributed by atoms with Crippen molar-refractivity contribution in [3.05, 3.63) is 30.1 Å². The van der Waals surface area contributed by atoms with E-state index in [0.29, 0.717) is 18.2 Å². The van der Waals surface area contributed by atoms with Gasteiger partial charge in [0.25, 0.3) is 0 Å². The minimum absolute atomic E-state index is 0.0195. The van der Waals surface area contributed by atoms with Crippen molar-refractivity contribution in [3.8, 4) is 0 Å². The van der Waals surface area contributed by atoms with Gasteiger partial charge >= 0.3 is 0 Å². The Balaban J connectivity index is 2.12. The van der Waals surface area contributed by atoms with E-state index in [0.717, 1.165) is 19.4 Å². The van der Waals surface area contributed by atoms with E-state index in [2.05, 4.69) is 17.1 Å². The van der Waals surface area contributed by atoms with Crippen LogP contribution in [0.15, 0.2) is 24.3 Å². The van der Waals surface area contributed by atoms with Crippen molar-refractivity contribution in [3.63, 3.8) is 0 Å². The van der Waals surface area contributed by atoms with Crippen LogP contribution in [0.5, 0.6) is 0 Å². The quantitative estimate of drug-likeness (QED) is 0.924. The third-order valence-electron chi connectivity index (χ3n) is 4.18.